The molecule has 2 aliphatic rings. The molecule has 0 heterocycles. The van der Waals surface area contributed by atoms with E-state index in [4.69, 9.17) is 4.74 Å². The number of rotatable bonds is 3. The van der Waals surface area contributed by atoms with Crippen LogP contribution in [0.15, 0.2) is 24.3 Å². The summed E-state index contributed by atoms with van der Waals surface area (Å²) in [7, 11) is 0. The summed E-state index contributed by atoms with van der Waals surface area (Å²) in [6, 6.07) is 0. The van der Waals surface area contributed by atoms with E-state index in [0.29, 0.717) is 0 Å². The Bertz CT molecular complexity index is 346. The second kappa shape index (κ2) is 4.67. The van der Waals surface area contributed by atoms with Crippen molar-refractivity contribution in [1.82, 2.24) is 0 Å². The van der Waals surface area contributed by atoms with Gasteiger partial charge in [0.1, 0.15) is 5.60 Å². The molecule has 0 aromatic heterocycles. The van der Waals surface area contributed by atoms with Crippen molar-refractivity contribution in [3.63, 3.8) is 0 Å². The molecule has 94 valence electrons. The number of carbonyl (C=O) groups is 1. The summed E-state index contributed by atoms with van der Waals surface area (Å²) in [4.78, 5) is 11.5. The minimum atomic E-state index is -0.392. The lowest BCUT2D eigenvalue weighted by Gasteiger charge is -2.18. The molecule has 0 amide bonds. The van der Waals surface area contributed by atoms with Crippen molar-refractivity contribution in [3.05, 3.63) is 24.3 Å². The Balaban J connectivity index is 1.75. The van der Waals surface area contributed by atoms with Crippen LogP contribution in [0.25, 0.3) is 0 Å². The van der Waals surface area contributed by atoms with Gasteiger partial charge in [0.05, 0.1) is 0 Å². The minimum absolute atomic E-state index is 0.226. The number of hydrogen-bond acceptors (Lipinski definition) is 2. The van der Waals surface area contributed by atoms with Crippen LogP contribution in [0.4, 0.5) is 0 Å². The third kappa shape index (κ3) is 3.45. The molecule has 2 bridgehead atoms. The highest BCUT2D eigenvalue weighted by Gasteiger charge is 2.34. The van der Waals surface area contributed by atoms with Gasteiger partial charge in [0, 0.05) is 6.08 Å². The van der Waals surface area contributed by atoms with Crippen LogP contribution in [-0.4, -0.2) is 11.6 Å². The second-order valence-electron chi connectivity index (χ2n) is 6.21. The second-order valence-corrected chi connectivity index (χ2v) is 6.21. The Kier molecular flexibility index (Phi) is 3.41. The van der Waals surface area contributed by atoms with Gasteiger partial charge in [-0.2, -0.15) is 0 Å². The predicted molar refractivity (Wildman–Crippen MR) is 68.4 cm³/mol. The third-order valence-corrected chi connectivity index (χ3v) is 3.52. The smallest absolute Gasteiger partial charge is 0.330 e. The van der Waals surface area contributed by atoms with E-state index in [9.17, 15) is 4.79 Å². The number of esters is 1. The molecule has 0 aromatic carbocycles. The molecule has 0 aliphatic heterocycles. The van der Waals surface area contributed by atoms with Crippen molar-refractivity contribution < 1.29 is 9.53 Å². The molecular weight excluding hydrogens is 212 g/mol. The average molecular weight is 234 g/mol. The lowest BCUT2D eigenvalue weighted by Crippen LogP contribution is -2.22. The molecule has 0 radical (unpaired) electrons. The fraction of sp³-hybridized carbons (Fsp3) is 0.667. The Morgan fingerprint density at radius 3 is 2.65 bits per heavy atom. The molecule has 3 atom stereocenters. The molecular formula is C15H22O2. The highest BCUT2D eigenvalue weighted by molar-refractivity contribution is 5.82. The van der Waals surface area contributed by atoms with E-state index in [1.807, 2.05) is 26.8 Å². The topological polar surface area (TPSA) is 26.3 Å². The van der Waals surface area contributed by atoms with Gasteiger partial charge in [-0.15, -0.1) is 0 Å². The van der Waals surface area contributed by atoms with E-state index in [0.717, 1.165) is 24.2 Å². The van der Waals surface area contributed by atoms with E-state index in [-0.39, 0.29) is 5.97 Å². The van der Waals surface area contributed by atoms with Gasteiger partial charge in [0.2, 0.25) is 0 Å². The zero-order valence-corrected chi connectivity index (χ0v) is 11.0. The van der Waals surface area contributed by atoms with Crippen LogP contribution in [0.2, 0.25) is 0 Å². The first kappa shape index (κ1) is 12.4. The van der Waals surface area contributed by atoms with Crippen LogP contribution in [0.1, 0.15) is 40.0 Å². The maximum atomic E-state index is 11.5. The minimum Gasteiger partial charge on any atom is -0.457 e. The molecule has 2 rings (SSSR count). The SMILES string of the molecule is CC(C)(C)OC(=O)/C=C/CC1CC2C=CC1C2. The monoisotopic (exact) mass is 234 g/mol. The maximum Gasteiger partial charge on any atom is 0.330 e. The number of fused-ring (bicyclic) bond motifs is 2. The lowest BCUT2D eigenvalue weighted by atomic mass is 9.90. The summed E-state index contributed by atoms with van der Waals surface area (Å²) < 4.78 is 5.22. The lowest BCUT2D eigenvalue weighted by molar-refractivity contribution is -0.148. The normalized spacial score (nSPS) is 31.4. The summed E-state index contributed by atoms with van der Waals surface area (Å²) in [5, 5.41) is 0. The Labute approximate surface area is 104 Å². The van der Waals surface area contributed by atoms with Gasteiger partial charge >= 0.3 is 5.97 Å². The summed E-state index contributed by atoms with van der Waals surface area (Å²) in [5.41, 5.74) is -0.392. The van der Waals surface area contributed by atoms with Gasteiger partial charge in [-0.1, -0.05) is 18.2 Å². The van der Waals surface area contributed by atoms with Crippen LogP contribution < -0.4 is 0 Å². The molecule has 2 heteroatoms. The van der Waals surface area contributed by atoms with Crippen molar-refractivity contribution in [2.75, 3.05) is 0 Å². The molecule has 1 saturated carbocycles. The van der Waals surface area contributed by atoms with Crippen LogP contribution in [0, 0.1) is 17.8 Å². The van der Waals surface area contributed by atoms with Gasteiger partial charge in [0.25, 0.3) is 0 Å². The molecule has 0 spiro atoms. The van der Waals surface area contributed by atoms with Crippen LogP contribution in [0.5, 0.6) is 0 Å². The summed E-state index contributed by atoms with van der Waals surface area (Å²) in [6.45, 7) is 5.67. The summed E-state index contributed by atoms with van der Waals surface area (Å²) in [5.74, 6) is 2.07. The quantitative estimate of drug-likeness (QED) is 0.424. The Hall–Kier alpha value is -1.05. The van der Waals surface area contributed by atoms with E-state index < -0.39 is 5.60 Å². The fourth-order valence-corrected chi connectivity index (χ4v) is 2.84. The highest BCUT2D eigenvalue weighted by atomic mass is 16.6. The number of hydrogen-bond donors (Lipinski definition) is 0. The van der Waals surface area contributed by atoms with Crippen molar-refractivity contribution >= 4 is 5.97 Å². The van der Waals surface area contributed by atoms with Gasteiger partial charge in [-0.3, -0.25) is 0 Å². The highest BCUT2D eigenvalue weighted by Crippen LogP contribution is 2.44. The fourth-order valence-electron chi connectivity index (χ4n) is 2.84. The molecule has 0 aromatic rings. The van der Waals surface area contributed by atoms with Crippen molar-refractivity contribution in [2.24, 2.45) is 17.8 Å². The van der Waals surface area contributed by atoms with Gasteiger partial charge in [-0.25, -0.2) is 4.79 Å². The van der Waals surface area contributed by atoms with Gasteiger partial charge < -0.3 is 4.74 Å². The molecule has 1 fully saturated rings. The van der Waals surface area contributed by atoms with E-state index in [1.54, 1.807) is 6.08 Å². The first-order valence-corrected chi connectivity index (χ1v) is 6.52. The zero-order chi connectivity index (χ0) is 12.5. The maximum absolute atomic E-state index is 11.5. The van der Waals surface area contributed by atoms with E-state index in [2.05, 4.69) is 12.2 Å². The molecule has 3 unspecified atom stereocenters. The Morgan fingerprint density at radius 2 is 2.12 bits per heavy atom. The first-order valence-electron chi connectivity index (χ1n) is 6.52. The number of ether oxygens (including phenoxy) is 1. The largest absolute Gasteiger partial charge is 0.457 e. The average Bonchev–Trinajstić information content (AvgIpc) is 2.75. The third-order valence-electron chi connectivity index (χ3n) is 3.52. The van der Waals surface area contributed by atoms with Crippen molar-refractivity contribution in [3.8, 4) is 0 Å². The van der Waals surface area contributed by atoms with Crippen LogP contribution in [-0.2, 0) is 9.53 Å². The van der Waals surface area contributed by atoms with Gasteiger partial charge in [0.15, 0.2) is 0 Å². The zero-order valence-electron chi connectivity index (χ0n) is 11.0. The van der Waals surface area contributed by atoms with E-state index in [1.165, 1.54) is 12.8 Å². The summed E-state index contributed by atoms with van der Waals surface area (Å²) in [6.07, 6.45) is 11.9. The summed E-state index contributed by atoms with van der Waals surface area (Å²) >= 11 is 0. The van der Waals surface area contributed by atoms with Crippen molar-refractivity contribution in [2.45, 2.75) is 45.6 Å². The number of allylic oxidation sites excluding steroid dienone is 3. The van der Waals surface area contributed by atoms with Crippen LogP contribution in [0.3, 0.4) is 0 Å². The molecule has 0 N–H and O–H groups in total. The number of carbonyl (C=O) groups excluding carboxylic acids is 1. The standard InChI is InChI=1S/C15H22O2/c1-15(2,3)17-14(16)6-4-5-12-9-11-7-8-13(12)10-11/h4,6-8,11-13H,5,9-10H2,1-3H3/b6-4+. The van der Waals surface area contributed by atoms with E-state index >= 15 is 0 Å². The molecule has 2 nitrogen and oxygen atoms in total. The van der Waals surface area contributed by atoms with Crippen LogP contribution >= 0.6 is 0 Å². The first-order chi connectivity index (χ1) is 7.94. The molecule has 0 saturated heterocycles. The predicted octanol–water partition coefficient (Wildman–Crippen LogP) is 3.49. The molecule has 17 heavy (non-hydrogen) atoms. The molecule has 2 aliphatic carbocycles. The van der Waals surface area contributed by atoms with Gasteiger partial charge in [-0.05, 0) is 57.8 Å². The Morgan fingerprint density at radius 1 is 1.35 bits per heavy atom. The van der Waals surface area contributed by atoms with Crippen molar-refractivity contribution in [1.29, 1.82) is 0 Å².